The molecule has 5 nitrogen and oxygen atoms in total. The van der Waals surface area contributed by atoms with Crippen LogP contribution in [-0.2, 0) is 7.05 Å². The Morgan fingerprint density at radius 2 is 2.12 bits per heavy atom. The average molecular weight is 338 g/mol. The maximum Gasteiger partial charge on any atom is 0.267 e. The highest BCUT2D eigenvalue weighted by molar-refractivity contribution is 6.03. The lowest BCUT2D eigenvalue weighted by Crippen LogP contribution is -2.42. The molecule has 2 aromatic rings. The summed E-state index contributed by atoms with van der Waals surface area (Å²) in [4.78, 5) is 27.5. The van der Waals surface area contributed by atoms with E-state index in [2.05, 4.69) is 0 Å². The second-order valence-corrected chi connectivity index (χ2v) is 6.26. The smallest absolute Gasteiger partial charge is 0.267 e. The molecule has 1 aliphatic carbocycles. The van der Waals surface area contributed by atoms with Gasteiger partial charge >= 0.3 is 0 Å². The Labute approximate surface area is 146 Å². The summed E-state index contributed by atoms with van der Waals surface area (Å²) in [5.74, 6) is -0.661. The molecule has 25 heavy (non-hydrogen) atoms. The predicted octanol–water partition coefficient (Wildman–Crippen LogP) is 2.90. The molecule has 1 aliphatic rings. The molecule has 1 N–H and O–H groups in total. The van der Waals surface area contributed by atoms with Crippen molar-refractivity contribution in [3.05, 3.63) is 64.0 Å². The van der Waals surface area contributed by atoms with Gasteiger partial charge in [-0.3, -0.25) is 9.59 Å². The van der Waals surface area contributed by atoms with Crippen LogP contribution >= 0.6 is 0 Å². The monoisotopic (exact) mass is 338 g/mol. The van der Waals surface area contributed by atoms with Gasteiger partial charge in [0.05, 0.1) is 11.6 Å². The van der Waals surface area contributed by atoms with Gasteiger partial charge in [0.15, 0.2) is 0 Å². The topological polar surface area (TPSA) is 62.5 Å². The number of likely N-dealkylation sites (N-methyl/N-ethyl adjacent to an activating group) is 1. The van der Waals surface area contributed by atoms with Crippen LogP contribution in [0.5, 0.6) is 5.75 Å². The molecule has 1 unspecified atom stereocenters. The molecule has 0 saturated heterocycles. The van der Waals surface area contributed by atoms with E-state index >= 15 is 0 Å². The lowest BCUT2D eigenvalue weighted by molar-refractivity contribution is 0.0719. The number of aromatic hydroxyl groups is 1. The van der Waals surface area contributed by atoms with Crippen molar-refractivity contribution in [1.82, 2.24) is 9.47 Å². The molecule has 0 bridgehead atoms. The van der Waals surface area contributed by atoms with Gasteiger partial charge in [-0.25, -0.2) is 0 Å². The van der Waals surface area contributed by atoms with Gasteiger partial charge in [0.25, 0.3) is 11.5 Å². The van der Waals surface area contributed by atoms with E-state index in [4.69, 9.17) is 0 Å². The van der Waals surface area contributed by atoms with Crippen molar-refractivity contribution in [3.8, 4) is 5.75 Å². The molecule has 0 radical (unpaired) electrons. The van der Waals surface area contributed by atoms with Crippen molar-refractivity contribution in [3.63, 3.8) is 0 Å². The van der Waals surface area contributed by atoms with Crippen molar-refractivity contribution in [2.75, 3.05) is 6.54 Å². The fourth-order valence-corrected chi connectivity index (χ4v) is 3.41. The van der Waals surface area contributed by atoms with Crippen LogP contribution in [0.4, 0.5) is 0 Å². The summed E-state index contributed by atoms with van der Waals surface area (Å²) < 4.78 is 1.43. The molecule has 1 aromatic carbocycles. The Morgan fingerprint density at radius 3 is 2.76 bits per heavy atom. The highest BCUT2D eigenvalue weighted by Crippen LogP contribution is 2.30. The van der Waals surface area contributed by atoms with Gasteiger partial charge in [-0.1, -0.05) is 36.4 Å². The van der Waals surface area contributed by atoms with E-state index in [9.17, 15) is 14.7 Å². The van der Waals surface area contributed by atoms with E-state index in [1.807, 2.05) is 50.3 Å². The van der Waals surface area contributed by atoms with Crippen LogP contribution in [0.2, 0.25) is 0 Å². The largest absolute Gasteiger partial charge is 0.506 e. The molecule has 1 atom stereocenters. The first kappa shape index (κ1) is 17.0. The third-order valence-electron chi connectivity index (χ3n) is 4.78. The number of hydrogen-bond donors (Lipinski definition) is 1. The Morgan fingerprint density at radius 1 is 1.36 bits per heavy atom. The first-order valence-electron chi connectivity index (χ1n) is 8.43. The number of aromatic nitrogens is 1. The van der Waals surface area contributed by atoms with E-state index in [-0.39, 0.29) is 17.4 Å². The van der Waals surface area contributed by atoms with Gasteiger partial charge in [0.1, 0.15) is 11.3 Å². The minimum Gasteiger partial charge on any atom is -0.506 e. The molecule has 5 heteroatoms. The van der Waals surface area contributed by atoms with Crippen LogP contribution in [0.1, 0.15) is 29.3 Å². The van der Waals surface area contributed by atoms with E-state index in [1.54, 1.807) is 18.0 Å². The molecular formula is C20H22N2O3. The van der Waals surface area contributed by atoms with Crippen molar-refractivity contribution in [1.29, 1.82) is 0 Å². The number of allylic oxidation sites excluding steroid dienone is 2. The Bertz CT molecular complexity index is 954. The molecule has 1 aromatic heterocycles. The molecule has 130 valence electrons. The first-order chi connectivity index (χ1) is 12.0. The normalized spacial score (nSPS) is 16.4. The van der Waals surface area contributed by atoms with E-state index in [0.29, 0.717) is 23.9 Å². The Kier molecular flexibility index (Phi) is 4.49. The first-order valence-corrected chi connectivity index (χ1v) is 8.43. The summed E-state index contributed by atoms with van der Waals surface area (Å²) >= 11 is 0. The number of fused-ring (bicyclic) bond motifs is 1. The molecule has 0 spiro atoms. The molecule has 0 aliphatic heterocycles. The molecule has 3 rings (SSSR count). The Hall–Kier alpha value is -2.82. The minimum absolute atomic E-state index is 0.112. The lowest BCUT2D eigenvalue weighted by Gasteiger charge is -2.29. The summed E-state index contributed by atoms with van der Waals surface area (Å²) in [5, 5.41) is 11.3. The fourth-order valence-electron chi connectivity index (χ4n) is 3.41. The van der Waals surface area contributed by atoms with E-state index in [0.717, 1.165) is 5.56 Å². The van der Waals surface area contributed by atoms with Crippen molar-refractivity contribution in [2.24, 2.45) is 7.05 Å². The van der Waals surface area contributed by atoms with Gasteiger partial charge in [-0.05, 0) is 31.9 Å². The molecular weight excluding hydrogens is 316 g/mol. The fraction of sp³-hybridized carbons (Fsp3) is 0.300. The van der Waals surface area contributed by atoms with E-state index in [1.165, 1.54) is 4.57 Å². The van der Waals surface area contributed by atoms with Crippen molar-refractivity contribution < 1.29 is 9.90 Å². The number of carbonyl (C=O) groups is 1. The second kappa shape index (κ2) is 6.59. The van der Waals surface area contributed by atoms with Crippen molar-refractivity contribution in [2.45, 2.75) is 26.3 Å². The predicted molar refractivity (Wildman–Crippen MR) is 99.0 cm³/mol. The van der Waals surface area contributed by atoms with Crippen LogP contribution in [0.15, 0.2) is 47.3 Å². The molecule has 0 saturated carbocycles. The SMILES string of the molecule is CCN(C(=O)c1c(O)c2c(C)cccc2n(C)c1=O)C1C=CC=CC1. The van der Waals surface area contributed by atoms with Crippen LogP contribution in [0, 0.1) is 6.92 Å². The number of pyridine rings is 1. The summed E-state index contributed by atoms with van der Waals surface area (Å²) in [6.07, 6.45) is 8.46. The maximum absolute atomic E-state index is 13.1. The molecule has 1 amide bonds. The minimum atomic E-state index is -0.477. The van der Waals surface area contributed by atoms with Gasteiger partial charge in [0.2, 0.25) is 0 Å². The third kappa shape index (κ3) is 2.76. The zero-order chi connectivity index (χ0) is 18.1. The zero-order valence-electron chi connectivity index (χ0n) is 14.7. The highest BCUT2D eigenvalue weighted by atomic mass is 16.3. The average Bonchev–Trinajstić information content (AvgIpc) is 2.61. The zero-order valence-corrected chi connectivity index (χ0v) is 14.7. The number of hydrogen-bond acceptors (Lipinski definition) is 3. The quantitative estimate of drug-likeness (QED) is 0.936. The van der Waals surface area contributed by atoms with Gasteiger partial charge in [0, 0.05) is 19.0 Å². The van der Waals surface area contributed by atoms with Crippen LogP contribution < -0.4 is 5.56 Å². The van der Waals surface area contributed by atoms with Gasteiger partial charge in [-0.15, -0.1) is 0 Å². The van der Waals surface area contributed by atoms with Crippen LogP contribution in [0.25, 0.3) is 10.9 Å². The molecule has 0 fully saturated rings. The van der Waals surface area contributed by atoms with E-state index < -0.39 is 11.5 Å². The maximum atomic E-state index is 13.1. The standard InChI is InChI=1S/C20H22N2O3/c1-4-22(14-10-6-5-7-11-14)20(25)17-18(23)16-13(2)9-8-12-15(16)21(3)19(17)24/h5-10,12,14,23H,4,11H2,1-3H3. The molecule has 1 heterocycles. The number of rotatable bonds is 3. The number of aryl methyl sites for hydroxylation is 2. The van der Waals surface area contributed by atoms with Gasteiger partial charge in [-0.2, -0.15) is 0 Å². The second-order valence-electron chi connectivity index (χ2n) is 6.26. The summed E-state index contributed by atoms with van der Waals surface area (Å²) in [5.41, 5.74) is 0.800. The third-order valence-corrected chi connectivity index (χ3v) is 4.78. The summed E-state index contributed by atoms with van der Waals surface area (Å²) in [6, 6.07) is 5.34. The van der Waals surface area contributed by atoms with Crippen LogP contribution in [0.3, 0.4) is 0 Å². The highest BCUT2D eigenvalue weighted by Gasteiger charge is 2.28. The number of carbonyl (C=O) groups excluding carboxylic acids is 1. The lowest BCUT2D eigenvalue weighted by atomic mass is 10.0. The van der Waals surface area contributed by atoms with Crippen molar-refractivity contribution >= 4 is 16.8 Å². The number of benzene rings is 1. The number of amides is 1. The van der Waals surface area contributed by atoms with Gasteiger partial charge < -0.3 is 14.6 Å². The summed E-state index contributed by atoms with van der Waals surface area (Å²) in [6.45, 7) is 4.18. The summed E-state index contributed by atoms with van der Waals surface area (Å²) in [7, 11) is 1.62. The Balaban J connectivity index is 2.19. The van der Waals surface area contributed by atoms with Crippen LogP contribution in [-0.4, -0.2) is 33.1 Å². The number of nitrogens with zero attached hydrogens (tertiary/aromatic N) is 2.